The third-order valence-electron chi connectivity index (χ3n) is 0.546. The van der Waals surface area contributed by atoms with E-state index in [1.807, 2.05) is 0 Å². The largest absolute Gasteiger partial charge is 0.389 e. The number of nitrogens with one attached hydrogen (secondary N) is 1. The summed E-state index contributed by atoms with van der Waals surface area (Å²) in [5.74, 6) is 0. The van der Waals surface area contributed by atoms with E-state index in [1.165, 1.54) is 6.26 Å². The maximum atomic E-state index is 5.39. The quantitative estimate of drug-likeness (QED) is 0.534. The zero-order chi connectivity index (χ0) is 5.11. The molecule has 0 radical (unpaired) electrons. The molecule has 0 aromatic rings. The van der Waals surface area contributed by atoms with Crippen LogP contribution in [0, 0.1) is 0 Å². The van der Waals surface area contributed by atoms with Gasteiger partial charge in [-0.1, -0.05) is 11.6 Å². The summed E-state index contributed by atoms with van der Waals surface area (Å²) in [6.07, 6.45) is 4.91. The van der Waals surface area contributed by atoms with Crippen LogP contribution in [-0.2, 0) is 4.84 Å². The van der Waals surface area contributed by atoms with Crippen molar-refractivity contribution in [3.8, 4) is 0 Å². The van der Waals surface area contributed by atoms with Gasteiger partial charge in [0.15, 0.2) is 0 Å². The first kappa shape index (κ1) is 7.66. The highest BCUT2D eigenvalue weighted by molar-refractivity contribution is 6.29. The van der Waals surface area contributed by atoms with E-state index in [9.17, 15) is 0 Å². The zero-order valence-electron chi connectivity index (χ0n) is 3.93. The molecule has 0 bridgehead atoms. The average Bonchev–Trinajstić information content (AvgIpc) is 1.69. The summed E-state index contributed by atoms with van der Waals surface area (Å²) >= 11 is 5.39. The Balaban J connectivity index is 0.000000490. The van der Waals surface area contributed by atoms with E-state index in [4.69, 9.17) is 11.6 Å². The van der Waals surface area contributed by atoms with E-state index in [2.05, 4.69) is 10.3 Å². The number of hydroxylamine groups is 1. The molecule has 1 rings (SSSR count). The predicted octanol–water partition coefficient (Wildman–Crippen LogP) is 1.54. The summed E-state index contributed by atoms with van der Waals surface area (Å²) in [5.41, 5.74) is 2.42. The maximum absolute atomic E-state index is 5.39. The first-order chi connectivity index (χ1) is 3.39. The summed E-state index contributed by atoms with van der Waals surface area (Å²) in [6, 6.07) is 0. The van der Waals surface area contributed by atoms with Gasteiger partial charge in [-0.3, -0.25) is 0 Å². The van der Waals surface area contributed by atoms with Gasteiger partial charge in [0.05, 0.1) is 0 Å². The third kappa shape index (κ3) is 2.09. The summed E-state index contributed by atoms with van der Waals surface area (Å²) in [6.45, 7) is 0. The summed E-state index contributed by atoms with van der Waals surface area (Å²) < 4.78 is 0. The Morgan fingerprint density at radius 2 is 2.38 bits per heavy atom. The topological polar surface area (TPSA) is 21.3 Å². The Labute approximate surface area is 58.5 Å². The standard InChI is InChI=1S/C4H4ClNO.ClH/c5-4-2-1-3-7-6-4;/h1-3,6H;1H. The molecule has 0 amide bonds. The lowest BCUT2D eigenvalue weighted by Crippen LogP contribution is -2.07. The molecule has 0 saturated carbocycles. The Hall–Kier alpha value is -0.340. The second kappa shape index (κ2) is 3.64. The number of halogens is 2. The van der Waals surface area contributed by atoms with Gasteiger partial charge in [-0.25, -0.2) is 5.48 Å². The lowest BCUT2D eigenvalue weighted by molar-refractivity contribution is 0.167. The fraction of sp³-hybridized carbons (Fsp3) is 0. The molecule has 0 aliphatic carbocycles. The van der Waals surface area contributed by atoms with E-state index in [1.54, 1.807) is 12.2 Å². The molecule has 0 saturated heterocycles. The molecule has 0 atom stereocenters. The Kier molecular flexibility index (Phi) is 3.48. The fourth-order valence-corrected chi connectivity index (χ4v) is 0.405. The van der Waals surface area contributed by atoms with Crippen LogP contribution >= 0.6 is 24.0 Å². The maximum Gasteiger partial charge on any atom is 0.137 e. The molecule has 0 aromatic carbocycles. The SMILES string of the molecule is Cl.ClC1=CC=CON1. The molecule has 0 unspecified atom stereocenters. The van der Waals surface area contributed by atoms with E-state index in [-0.39, 0.29) is 12.4 Å². The van der Waals surface area contributed by atoms with Crippen molar-refractivity contribution < 1.29 is 4.84 Å². The summed E-state index contributed by atoms with van der Waals surface area (Å²) in [5, 5.41) is 0.502. The average molecular weight is 154 g/mol. The number of allylic oxidation sites excluding steroid dienone is 2. The van der Waals surface area contributed by atoms with E-state index < -0.39 is 0 Å². The highest BCUT2D eigenvalue weighted by Gasteiger charge is 1.88. The van der Waals surface area contributed by atoms with Gasteiger partial charge in [-0.15, -0.1) is 12.4 Å². The minimum atomic E-state index is 0. The first-order valence-electron chi connectivity index (χ1n) is 1.83. The van der Waals surface area contributed by atoms with Gasteiger partial charge in [0, 0.05) is 0 Å². The molecule has 0 fully saturated rings. The van der Waals surface area contributed by atoms with Crippen LogP contribution in [0.25, 0.3) is 0 Å². The third-order valence-corrected chi connectivity index (χ3v) is 0.749. The van der Waals surface area contributed by atoms with Crippen LogP contribution in [0.3, 0.4) is 0 Å². The van der Waals surface area contributed by atoms with Crippen molar-refractivity contribution in [3.05, 3.63) is 23.6 Å². The Morgan fingerprint density at radius 1 is 1.62 bits per heavy atom. The molecular formula is C4H5Cl2NO. The summed E-state index contributed by atoms with van der Waals surface area (Å²) in [7, 11) is 0. The van der Waals surface area contributed by atoms with Crippen molar-refractivity contribution in [3.63, 3.8) is 0 Å². The molecule has 8 heavy (non-hydrogen) atoms. The Morgan fingerprint density at radius 3 is 2.62 bits per heavy atom. The molecule has 46 valence electrons. The number of rotatable bonds is 0. The van der Waals surface area contributed by atoms with Gasteiger partial charge < -0.3 is 4.84 Å². The molecule has 0 aromatic heterocycles. The molecule has 1 heterocycles. The lowest BCUT2D eigenvalue weighted by atomic mass is 10.6. The molecule has 4 heteroatoms. The van der Waals surface area contributed by atoms with Crippen molar-refractivity contribution in [2.75, 3.05) is 0 Å². The second-order valence-corrected chi connectivity index (χ2v) is 1.47. The molecule has 0 spiro atoms. The van der Waals surface area contributed by atoms with Crippen LogP contribution < -0.4 is 5.48 Å². The van der Waals surface area contributed by atoms with Crippen LogP contribution in [-0.4, -0.2) is 0 Å². The van der Waals surface area contributed by atoms with Crippen LogP contribution in [0.2, 0.25) is 0 Å². The smallest absolute Gasteiger partial charge is 0.137 e. The first-order valence-corrected chi connectivity index (χ1v) is 2.21. The number of hydrogen-bond donors (Lipinski definition) is 1. The van der Waals surface area contributed by atoms with Crippen LogP contribution in [0.1, 0.15) is 0 Å². The molecular weight excluding hydrogens is 149 g/mol. The fourth-order valence-electron chi connectivity index (χ4n) is 0.287. The van der Waals surface area contributed by atoms with Gasteiger partial charge in [0.25, 0.3) is 0 Å². The van der Waals surface area contributed by atoms with Crippen LogP contribution in [0.5, 0.6) is 0 Å². The minimum Gasteiger partial charge on any atom is -0.389 e. The van der Waals surface area contributed by atoms with Gasteiger partial charge in [0.2, 0.25) is 0 Å². The van der Waals surface area contributed by atoms with E-state index in [0.29, 0.717) is 5.16 Å². The van der Waals surface area contributed by atoms with Gasteiger partial charge in [0.1, 0.15) is 11.4 Å². The normalized spacial score (nSPS) is 14.9. The van der Waals surface area contributed by atoms with Gasteiger partial charge in [-0.05, 0) is 12.2 Å². The van der Waals surface area contributed by atoms with Crippen molar-refractivity contribution in [2.24, 2.45) is 0 Å². The highest BCUT2D eigenvalue weighted by Crippen LogP contribution is 1.99. The van der Waals surface area contributed by atoms with Crippen LogP contribution in [0.15, 0.2) is 23.6 Å². The monoisotopic (exact) mass is 153 g/mol. The van der Waals surface area contributed by atoms with Gasteiger partial charge in [-0.2, -0.15) is 0 Å². The molecule has 1 N–H and O–H groups in total. The lowest BCUT2D eigenvalue weighted by Gasteiger charge is -2.03. The molecule has 2 nitrogen and oxygen atoms in total. The van der Waals surface area contributed by atoms with Crippen molar-refractivity contribution in [1.82, 2.24) is 5.48 Å². The highest BCUT2D eigenvalue weighted by atomic mass is 35.5. The van der Waals surface area contributed by atoms with E-state index >= 15 is 0 Å². The predicted molar refractivity (Wildman–Crippen MR) is 34.5 cm³/mol. The van der Waals surface area contributed by atoms with E-state index in [0.717, 1.165) is 0 Å². The van der Waals surface area contributed by atoms with Crippen molar-refractivity contribution >= 4 is 24.0 Å². The zero-order valence-corrected chi connectivity index (χ0v) is 5.50. The molecule has 1 aliphatic heterocycles. The van der Waals surface area contributed by atoms with Crippen molar-refractivity contribution in [2.45, 2.75) is 0 Å². The minimum absolute atomic E-state index is 0. The van der Waals surface area contributed by atoms with Gasteiger partial charge >= 0.3 is 0 Å². The summed E-state index contributed by atoms with van der Waals surface area (Å²) in [4.78, 5) is 4.55. The number of hydrogen-bond acceptors (Lipinski definition) is 2. The molecule has 1 aliphatic rings. The van der Waals surface area contributed by atoms with Crippen LogP contribution in [0.4, 0.5) is 0 Å². The Bertz CT molecular complexity index is 121. The van der Waals surface area contributed by atoms with Crippen molar-refractivity contribution in [1.29, 1.82) is 0 Å². The second-order valence-electron chi connectivity index (χ2n) is 1.06.